The van der Waals surface area contributed by atoms with Gasteiger partial charge in [0.25, 0.3) is 10.1 Å². The predicted octanol–water partition coefficient (Wildman–Crippen LogP) is 2.99. The van der Waals surface area contributed by atoms with E-state index in [2.05, 4.69) is 0 Å². The van der Waals surface area contributed by atoms with Crippen molar-refractivity contribution < 1.29 is 26.9 Å². The van der Waals surface area contributed by atoms with Crippen molar-refractivity contribution in [3.8, 4) is 0 Å². The SMILES string of the molecule is Cc1ccc(S(=O)(=O)OCCOCCN(C)C(=O)OCc2ccccc2)cc1. The Hall–Kier alpha value is -2.42. The summed E-state index contributed by atoms with van der Waals surface area (Å²) in [6, 6.07) is 15.8. The van der Waals surface area contributed by atoms with Crippen LogP contribution in [0, 0.1) is 6.92 Å². The molecule has 0 aromatic heterocycles. The van der Waals surface area contributed by atoms with Crippen LogP contribution in [0.3, 0.4) is 0 Å². The van der Waals surface area contributed by atoms with Crippen LogP contribution in [0.5, 0.6) is 0 Å². The first kappa shape index (κ1) is 21.9. The molecule has 0 aliphatic heterocycles. The predicted molar refractivity (Wildman–Crippen MR) is 104 cm³/mol. The lowest BCUT2D eigenvalue weighted by Crippen LogP contribution is -2.31. The summed E-state index contributed by atoms with van der Waals surface area (Å²) < 4.78 is 39.5. The van der Waals surface area contributed by atoms with Gasteiger partial charge in [-0.3, -0.25) is 4.18 Å². The number of amides is 1. The van der Waals surface area contributed by atoms with Gasteiger partial charge in [0, 0.05) is 13.6 Å². The van der Waals surface area contributed by atoms with Crippen LogP contribution in [-0.4, -0.2) is 52.8 Å². The third-order valence-corrected chi connectivity index (χ3v) is 5.19. The van der Waals surface area contributed by atoms with E-state index in [4.69, 9.17) is 13.7 Å². The summed E-state index contributed by atoms with van der Waals surface area (Å²) in [4.78, 5) is 13.4. The smallest absolute Gasteiger partial charge is 0.409 e. The van der Waals surface area contributed by atoms with Crippen LogP contribution < -0.4 is 0 Å². The van der Waals surface area contributed by atoms with Gasteiger partial charge in [-0.15, -0.1) is 0 Å². The normalized spacial score (nSPS) is 11.2. The molecule has 0 fully saturated rings. The largest absolute Gasteiger partial charge is 0.445 e. The number of nitrogens with zero attached hydrogens (tertiary/aromatic N) is 1. The molecule has 8 heteroatoms. The lowest BCUT2D eigenvalue weighted by molar-refractivity contribution is 0.0698. The second kappa shape index (κ2) is 10.8. The number of carbonyl (C=O) groups is 1. The molecule has 0 saturated carbocycles. The molecule has 0 bridgehead atoms. The van der Waals surface area contributed by atoms with E-state index in [0.717, 1.165) is 11.1 Å². The second-order valence-corrected chi connectivity index (χ2v) is 7.78. The first-order valence-corrected chi connectivity index (χ1v) is 10.2. The molecule has 2 aromatic rings. The maximum absolute atomic E-state index is 12.0. The van der Waals surface area contributed by atoms with Gasteiger partial charge < -0.3 is 14.4 Å². The lowest BCUT2D eigenvalue weighted by Gasteiger charge is -2.17. The third-order valence-electron chi connectivity index (χ3n) is 3.86. The molecule has 0 aliphatic rings. The molecular formula is C20H25NO6S. The van der Waals surface area contributed by atoms with Gasteiger partial charge in [-0.05, 0) is 24.6 Å². The highest BCUT2D eigenvalue weighted by Crippen LogP contribution is 2.12. The average Bonchev–Trinajstić information content (AvgIpc) is 2.69. The monoisotopic (exact) mass is 407 g/mol. The molecule has 0 unspecified atom stereocenters. The highest BCUT2D eigenvalue weighted by atomic mass is 32.2. The minimum Gasteiger partial charge on any atom is -0.445 e. The number of hydrogen-bond donors (Lipinski definition) is 0. The van der Waals surface area contributed by atoms with Crippen LogP contribution in [0.1, 0.15) is 11.1 Å². The van der Waals surface area contributed by atoms with Crippen LogP contribution >= 0.6 is 0 Å². The average molecular weight is 407 g/mol. The van der Waals surface area contributed by atoms with Gasteiger partial charge in [-0.2, -0.15) is 8.42 Å². The number of hydrogen-bond acceptors (Lipinski definition) is 6. The second-order valence-electron chi connectivity index (χ2n) is 6.16. The number of rotatable bonds is 10. The third kappa shape index (κ3) is 7.30. The Morgan fingerprint density at radius 1 is 0.964 bits per heavy atom. The van der Waals surface area contributed by atoms with Crippen LogP contribution in [0.15, 0.2) is 59.5 Å². The van der Waals surface area contributed by atoms with E-state index in [1.807, 2.05) is 37.3 Å². The molecule has 0 spiro atoms. The maximum atomic E-state index is 12.0. The molecule has 2 rings (SSSR count). The van der Waals surface area contributed by atoms with E-state index in [1.54, 1.807) is 19.2 Å². The highest BCUT2D eigenvalue weighted by molar-refractivity contribution is 7.86. The Kier molecular flexibility index (Phi) is 8.43. The van der Waals surface area contributed by atoms with Crippen molar-refractivity contribution >= 4 is 16.2 Å². The first-order valence-electron chi connectivity index (χ1n) is 8.84. The summed E-state index contributed by atoms with van der Waals surface area (Å²) in [6.07, 6.45) is -0.453. The van der Waals surface area contributed by atoms with Crippen LogP contribution in [-0.2, 0) is 30.4 Å². The molecule has 0 heterocycles. The van der Waals surface area contributed by atoms with Crippen molar-refractivity contribution in [3.05, 3.63) is 65.7 Å². The van der Waals surface area contributed by atoms with Crippen LogP contribution in [0.4, 0.5) is 4.79 Å². The van der Waals surface area contributed by atoms with Crippen LogP contribution in [0.2, 0.25) is 0 Å². The van der Waals surface area contributed by atoms with Crippen molar-refractivity contribution in [1.82, 2.24) is 4.90 Å². The molecule has 2 aromatic carbocycles. The molecule has 0 atom stereocenters. The summed E-state index contributed by atoms with van der Waals surface area (Å²) in [5, 5.41) is 0. The number of likely N-dealkylation sites (N-methyl/N-ethyl adjacent to an activating group) is 1. The fourth-order valence-electron chi connectivity index (χ4n) is 2.20. The first-order chi connectivity index (χ1) is 13.4. The number of ether oxygens (including phenoxy) is 2. The van der Waals surface area contributed by atoms with E-state index >= 15 is 0 Å². The summed E-state index contributed by atoms with van der Waals surface area (Å²) in [5.41, 5.74) is 1.88. The minimum atomic E-state index is -3.79. The fraction of sp³-hybridized carbons (Fsp3) is 0.350. The van der Waals surface area contributed by atoms with E-state index in [0.29, 0.717) is 6.54 Å². The van der Waals surface area contributed by atoms with E-state index in [9.17, 15) is 13.2 Å². The van der Waals surface area contributed by atoms with Gasteiger partial charge in [0.05, 0.1) is 24.7 Å². The summed E-state index contributed by atoms with van der Waals surface area (Å²) >= 11 is 0. The molecule has 7 nitrogen and oxygen atoms in total. The Labute approximate surface area is 166 Å². The Bertz CT molecular complexity index is 837. The van der Waals surface area contributed by atoms with Gasteiger partial charge in [0.1, 0.15) is 6.61 Å². The van der Waals surface area contributed by atoms with E-state index < -0.39 is 16.2 Å². The van der Waals surface area contributed by atoms with Crippen molar-refractivity contribution in [3.63, 3.8) is 0 Å². The summed E-state index contributed by atoms with van der Waals surface area (Å²) in [6.45, 7) is 2.63. The maximum Gasteiger partial charge on any atom is 0.409 e. The van der Waals surface area contributed by atoms with Gasteiger partial charge in [0.2, 0.25) is 0 Å². The zero-order valence-corrected chi connectivity index (χ0v) is 16.9. The molecular weight excluding hydrogens is 382 g/mol. The van der Waals surface area contributed by atoms with Crippen molar-refractivity contribution in [2.75, 3.05) is 33.4 Å². The number of carbonyl (C=O) groups excluding carboxylic acids is 1. The fourth-order valence-corrected chi connectivity index (χ4v) is 3.09. The van der Waals surface area contributed by atoms with Crippen molar-refractivity contribution in [1.29, 1.82) is 0 Å². The Balaban J connectivity index is 1.60. The molecule has 28 heavy (non-hydrogen) atoms. The summed E-state index contributed by atoms with van der Waals surface area (Å²) in [7, 11) is -2.19. The molecule has 0 radical (unpaired) electrons. The zero-order chi connectivity index (χ0) is 20.4. The molecule has 0 N–H and O–H groups in total. The Morgan fingerprint density at radius 3 is 2.32 bits per heavy atom. The highest BCUT2D eigenvalue weighted by Gasteiger charge is 2.14. The molecule has 0 saturated heterocycles. The number of aryl methyl sites for hydroxylation is 1. The van der Waals surface area contributed by atoms with E-state index in [-0.39, 0.29) is 31.3 Å². The van der Waals surface area contributed by atoms with Gasteiger partial charge in [0.15, 0.2) is 0 Å². The number of benzene rings is 2. The van der Waals surface area contributed by atoms with Gasteiger partial charge in [-0.25, -0.2) is 4.79 Å². The van der Waals surface area contributed by atoms with Gasteiger partial charge in [-0.1, -0.05) is 48.0 Å². The van der Waals surface area contributed by atoms with Crippen molar-refractivity contribution in [2.24, 2.45) is 0 Å². The topological polar surface area (TPSA) is 82.1 Å². The van der Waals surface area contributed by atoms with Gasteiger partial charge >= 0.3 is 6.09 Å². The van der Waals surface area contributed by atoms with Crippen molar-refractivity contribution in [2.45, 2.75) is 18.4 Å². The molecule has 0 aliphatic carbocycles. The minimum absolute atomic E-state index is 0.0952. The lowest BCUT2D eigenvalue weighted by atomic mass is 10.2. The molecule has 152 valence electrons. The molecule has 1 amide bonds. The summed E-state index contributed by atoms with van der Waals surface area (Å²) in [5.74, 6) is 0. The van der Waals surface area contributed by atoms with Crippen LogP contribution in [0.25, 0.3) is 0 Å². The zero-order valence-electron chi connectivity index (χ0n) is 16.0. The van der Waals surface area contributed by atoms with E-state index in [1.165, 1.54) is 17.0 Å². The quantitative estimate of drug-likeness (QED) is 0.445. The Morgan fingerprint density at radius 2 is 1.64 bits per heavy atom. The standard InChI is InChI=1S/C20H25NO6S/c1-17-8-10-19(11-9-17)28(23,24)27-15-14-25-13-12-21(2)20(22)26-16-18-6-4-3-5-7-18/h3-11H,12-16H2,1-2H3.